The van der Waals surface area contributed by atoms with Crippen LogP contribution in [0.4, 0.5) is 10.5 Å². The number of urea groups is 1. The maximum absolute atomic E-state index is 13.4. The Balaban J connectivity index is 1.18. The van der Waals surface area contributed by atoms with Crippen molar-refractivity contribution in [3.8, 4) is 5.75 Å². The Kier molecular flexibility index (Phi) is 5.64. The van der Waals surface area contributed by atoms with Crippen molar-refractivity contribution in [2.75, 3.05) is 31.1 Å². The molecule has 0 radical (unpaired) electrons. The molecule has 36 heavy (non-hydrogen) atoms. The Morgan fingerprint density at radius 2 is 1.72 bits per heavy atom. The molecular weight excluding hydrogens is 452 g/mol. The highest BCUT2D eigenvalue weighted by Gasteiger charge is 2.49. The minimum absolute atomic E-state index is 0.00781. The molecule has 2 atom stereocenters. The van der Waals surface area contributed by atoms with Crippen LogP contribution in [-0.4, -0.2) is 53.6 Å². The Morgan fingerprint density at radius 3 is 2.53 bits per heavy atom. The molecule has 3 amide bonds. The van der Waals surface area contributed by atoms with Crippen molar-refractivity contribution in [3.63, 3.8) is 0 Å². The number of piperazine rings is 1. The number of carbonyl (C=O) groups excluding carboxylic acids is 2. The molecule has 2 bridgehead atoms. The van der Waals surface area contributed by atoms with Gasteiger partial charge in [-0.05, 0) is 36.8 Å². The molecule has 0 aliphatic carbocycles. The van der Waals surface area contributed by atoms with Crippen LogP contribution in [0.3, 0.4) is 0 Å². The van der Waals surface area contributed by atoms with Gasteiger partial charge in [0.2, 0.25) is 0 Å². The zero-order valence-electron chi connectivity index (χ0n) is 20.4. The van der Waals surface area contributed by atoms with E-state index in [1.54, 1.807) is 4.90 Å². The second kappa shape index (κ2) is 8.99. The van der Waals surface area contributed by atoms with Crippen molar-refractivity contribution in [3.05, 3.63) is 95.6 Å². The van der Waals surface area contributed by atoms with Gasteiger partial charge < -0.3 is 15.0 Å². The molecule has 0 aromatic heterocycles. The quantitative estimate of drug-likeness (QED) is 0.598. The molecule has 7 heteroatoms. The van der Waals surface area contributed by atoms with E-state index >= 15 is 0 Å². The van der Waals surface area contributed by atoms with E-state index < -0.39 is 5.72 Å². The van der Waals surface area contributed by atoms with Gasteiger partial charge in [0.15, 0.2) is 5.72 Å². The molecule has 6 rings (SSSR count). The van der Waals surface area contributed by atoms with E-state index in [1.165, 1.54) is 5.56 Å². The molecule has 7 nitrogen and oxygen atoms in total. The molecule has 3 aromatic rings. The van der Waals surface area contributed by atoms with Crippen molar-refractivity contribution in [2.45, 2.75) is 31.7 Å². The lowest BCUT2D eigenvalue weighted by Gasteiger charge is -2.50. The van der Waals surface area contributed by atoms with E-state index in [0.29, 0.717) is 30.8 Å². The number of hydrogen-bond acceptors (Lipinski definition) is 4. The maximum atomic E-state index is 13.4. The second-order valence-electron chi connectivity index (χ2n) is 9.96. The highest BCUT2D eigenvalue weighted by molar-refractivity contribution is 5.99. The van der Waals surface area contributed by atoms with Crippen molar-refractivity contribution in [1.82, 2.24) is 15.1 Å². The predicted molar refractivity (Wildman–Crippen MR) is 138 cm³/mol. The summed E-state index contributed by atoms with van der Waals surface area (Å²) in [7, 11) is 0. The predicted octanol–water partition coefficient (Wildman–Crippen LogP) is 4.41. The summed E-state index contributed by atoms with van der Waals surface area (Å²) >= 11 is 0. The molecule has 0 saturated carbocycles. The van der Waals surface area contributed by atoms with Crippen LogP contribution in [-0.2, 0) is 6.54 Å². The first-order chi connectivity index (χ1) is 17.5. The van der Waals surface area contributed by atoms with Crippen molar-refractivity contribution >= 4 is 17.6 Å². The van der Waals surface area contributed by atoms with Gasteiger partial charge >= 0.3 is 6.03 Å². The number of nitrogens with zero attached hydrogens (tertiary/aromatic N) is 3. The fourth-order valence-electron chi connectivity index (χ4n) is 5.62. The van der Waals surface area contributed by atoms with Gasteiger partial charge in [0.25, 0.3) is 5.91 Å². The number of carbonyl (C=O) groups is 2. The van der Waals surface area contributed by atoms with Gasteiger partial charge in [-0.25, -0.2) is 4.79 Å². The fourth-order valence-corrected chi connectivity index (χ4v) is 5.62. The molecule has 3 aliphatic heterocycles. The summed E-state index contributed by atoms with van der Waals surface area (Å²) in [6, 6.07) is 25.3. The van der Waals surface area contributed by atoms with Crippen molar-refractivity contribution in [2.24, 2.45) is 0 Å². The average molecular weight is 483 g/mol. The molecule has 3 aliphatic rings. The Morgan fingerprint density at radius 1 is 0.972 bits per heavy atom. The zero-order chi connectivity index (χ0) is 24.7. The molecule has 2 saturated heterocycles. The number of benzene rings is 3. The van der Waals surface area contributed by atoms with Crippen LogP contribution in [0, 0.1) is 0 Å². The number of para-hydroxylation sites is 1. The molecule has 3 aromatic carbocycles. The first-order valence-electron chi connectivity index (χ1n) is 12.5. The van der Waals surface area contributed by atoms with E-state index in [-0.39, 0.29) is 18.0 Å². The summed E-state index contributed by atoms with van der Waals surface area (Å²) in [6.07, 6.45) is 0.622. The third kappa shape index (κ3) is 4.09. The normalized spacial score (nSPS) is 23.5. The van der Waals surface area contributed by atoms with Crippen LogP contribution >= 0.6 is 0 Å². The number of ether oxygens (including phenoxy) is 1. The summed E-state index contributed by atoms with van der Waals surface area (Å²) in [5.74, 6) is 0.772. The smallest absolute Gasteiger partial charge is 0.325 e. The number of hydrogen-bond donors (Lipinski definition) is 1. The largest absolute Gasteiger partial charge is 0.467 e. The van der Waals surface area contributed by atoms with Crippen LogP contribution < -0.4 is 15.0 Å². The standard InChI is InChI=1S/C29H30N4O3/c1-29-19-25(24-12-5-6-13-26(24)36-29)30-28(35)33(29)23-11-7-10-22(18-23)27(34)32-16-14-31(15-17-32)20-21-8-3-2-4-9-21/h2-13,18,25H,14-17,19-20H2,1H3,(H,30,35)/t25-,29+/m1/s1. The van der Waals surface area contributed by atoms with Crippen molar-refractivity contribution in [1.29, 1.82) is 0 Å². The average Bonchev–Trinajstić information content (AvgIpc) is 2.89. The van der Waals surface area contributed by atoms with Gasteiger partial charge in [0, 0.05) is 50.3 Å². The van der Waals surface area contributed by atoms with Gasteiger partial charge in [0.1, 0.15) is 5.75 Å². The summed E-state index contributed by atoms with van der Waals surface area (Å²) in [5.41, 5.74) is 2.68. The Hall–Kier alpha value is -3.84. The van der Waals surface area contributed by atoms with Crippen molar-refractivity contribution < 1.29 is 14.3 Å². The van der Waals surface area contributed by atoms with Gasteiger partial charge in [-0.1, -0.05) is 54.6 Å². The number of fused-ring (bicyclic) bond motifs is 4. The zero-order valence-corrected chi connectivity index (χ0v) is 20.4. The van der Waals surface area contributed by atoms with Gasteiger partial charge in [-0.15, -0.1) is 0 Å². The van der Waals surface area contributed by atoms with Crippen LogP contribution in [0.2, 0.25) is 0 Å². The van der Waals surface area contributed by atoms with Gasteiger partial charge in [-0.3, -0.25) is 14.6 Å². The summed E-state index contributed by atoms with van der Waals surface area (Å²) in [5, 5.41) is 3.12. The molecule has 184 valence electrons. The molecule has 3 heterocycles. The Labute approximate surface area is 211 Å². The van der Waals surface area contributed by atoms with Crippen LogP contribution in [0.5, 0.6) is 5.75 Å². The highest BCUT2D eigenvalue weighted by Crippen LogP contribution is 2.45. The fraction of sp³-hybridized carbons (Fsp3) is 0.310. The SMILES string of the molecule is C[C@]12C[C@@H](NC(=O)N1c1cccc(C(=O)N3CCN(Cc4ccccc4)CC3)c1)c1ccccc1O2. The molecule has 0 spiro atoms. The lowest BCUT2D eigenvalue weighted by atomic mass is 9.90. The number of nitrogens with one attached hydrogen (secondary N) is 1. The second-order valence-corrected chi connectivity index (χ2v) is 9.96. The minimum atomic E-state index is -0.841. The van der Waals surface area contributed by atoms with E-state index in [2.05, 4.69) is 34.5 Å². The minimum Gasteiger partial charge on any atom is -0.467 e. The molecule has 2 fully saturated rings. The number of amides is 3. The molecule has 1 N–H and O–H groups in total. The lowest BCUT2D eigenvalue weighted by Crippen LogP contribution is -2.65. The monoisotopic (exact) mass is 482 g/mol. The third-order valence-electron chi connectivity index (χ3n) is 7.44. The van der Waals surface area contributed by atoms with Gasteiger partial charge in [0.05, 0.1) is 11.7 Å². The van der Waals surface area contributed by atoms with E-state index in [1.807, 2.05) is 66.4 Å². The van der Waals surface area contributed by atoms with E-state index in [0.717, 1.165) is 30.9 Å². The Bertz CT molecular complexity index is 1290. The molecule has 0 unspecified atom stereocenters. The van der Waals surface area contributed by atoms with E-state index in [4.69, 9.17) is 4.74 Å². The van der Waals surface area contributed by atoms with Crippen LogP contribution in [0.25, 0.3) is 0 Å². The summed E-state index contributed by atoms with van der Waals surface area (Å²) < 4.78 is 6.37. The van der Waals surface area contributed by atoms with Gasteiger partial charge in [-0.2, -0.15) is 0 Å². The number of rotatable bonds is 4. The third-order valence-corrected chi connectivity index (χ3v) is 7.44. The van der Waals surface area contributed by atoms with Crippen LogP contribution in [0.15, 0.2) is 78.9 Å². The first-order valence-corrected chi connectivity index (χ1v) is 12.5. The highest BCUT2D eigenvalue weighted by atomic mass is 16.5. The lowest BCUT2D eigenvalue weighted by molar-refractivity contribution is 0.0378. The topological polar surface area (TPSA) is 65.1 Å². The van der Waals surface area contributed by atoms with Crippen LogP contribution in [0.1, 0.15) is 40.9 Å². The summed E-state index contributed by atoms with van der Waals surface area (Å²) in [4.78, 5) is 32.6. The first kappa shape index (κ1) is 22.6. The van der Waals surface area contributed by atoms with E-state index in [9.17, 15) is 9.59 Å². The molecular formula is C29H30N4O3. The summed E-state index contributed by atoms with van der Waals surface area (Å²) in [6.45, 7) is 5.86. The number of anilines is 1. The maximum Gasteiger partial charge on any atom is 0.325 e.